The molecule has 30 heavy (non-hydrogen) atoms. The normalized spacial score (nSPS) is 13.4. The fraction of sp³-hybridized carbons (Fsp3) is 0.308. The Bertz CT molecular complexity index is 1280. The lowest BCUT2D eigenvalue weighted by Crippen LogP contribution is -2.18. The minimum absolute atomic E-state index is 0.126. The first kappa shape index (κ1) is 19.7. The summed E-state index contributed by atoms with van der Waals surface area (Å²) in [4.78, 5) is 3.72. The number of nitrogens with zero attached hydrogens (tertiary/aromatic N) is 1. The average molecular weight is 434 g/mol. The summed E-state index contributed by atoms with van der Waals surface area (Å²) in [6, 6.07) is 13.7. The molecule has 0 fully saturated rings. The summed E-state index contributed by atoms with van der Waals surface area (Å²) < 4.78 is 7.70. The number of anilines is 3. The first-order valence-electron chi connectivity index (χ1n) is 10.4. The van der Waals surface area contributed by atoms with Crippen LogP contribution in [0.4, 0.5) is 17.1 Å². The minimum atomic E-state index is 0.126. The molecule has 1 aliphatic heterocycles. The Morgan fingerprint density at radius 3 is 2.17 bits per heavy atom. The van der Waals surface area contributed by atoms with Gasteiger partial charge in [-0.05, 0) is 68.0 Å². The van der Waals surface area contributed by atoms with Crippen molar-refractivity contribution in [2.24, 2.45) is 0 Å². The van der Waals surface area contributed by atoms with Gasteiger partial charge in [-0.3, -0.25) is 0 Å². The highest BCUT2D eigenvalue weighted by Crippen LogP contribution is 2.60. The Labute approximate surface area is 186 Å². The number of hydrogen-bond acceptors (Lipinski definition) is 4. The summed E-state index contributed by atoms with van der Waals surface area (Å²) in [5.74, 6) is 0. The van der Waals surface area contributed by atoms with Crippen LogP contribution in [0.15, 0.2) is 36.4 Å². The van der Waals surface area contributed by atoms with Crippen molar-refractivity contribution >= 4 is 49.8 Å². The number of benzene rings is 2. The second-order valence-corrected chi connectivity index (χ2v) is 11.6. The SMILES string of the molecule is Cc1ccc2sc3c(c2c1)N(c1c(C)cc(C(C)(C)C)cc1C)c1cc(C)sc1O3. The van der Waals surface area contributed by atoms with Gasteiger partial charge >= 0.3 is 0 Å². The molecule has 0 saturated heterocycles. The van der Waals surface area contributed by atoms with Crippen molar-refractivity contribution in [1.29, 1.82) is 0 Å². The standard InChI is InChI=1S/C26H27NOS2/c1-14-8-9-21-19(10-14)23-25(30-21)28-24-20(13-17(4)29-24)27(23)22-15(2)11-18(12-16(22)3)26(5,6)7/h8-13H,1-7H3. The zero-order valence-corrected chi connectivity index (χ0v) is 20.3. The quantitative estimate of drug-likeness (QED) is 0.261. The summed E-state index contributed by atoms with van der Waals surface area (Å²) in [6.07, 6.45) is 0. The van der Waals surface area contributed by atoms with E-state index in [0.29, 0.717) is 0 Å². The van der Waals surface area contributed by atoms with Gasteiger partial charge in [0.05, 0.1) is 5.69 Å². The molecule has 0 saturated carbocycles. The summed E-state index contributed by atoms with van der Waals surface area (Å²) in [5.41, 5.74) is 8.98. The molecule has 0 atom stereocenters. The number of thiophene rings is 2. The molecule has 0 aliphatic carbocycles. The lowest BCUT2D eigenvalue weighted by atomic mass is 9.84. The van der Waals surface area contributed by atoms with Crippen LogP contribution in [0.5, 0.6) is 10.1 Å². The Morgan fingerprint density at radius 1 is 0.800 bits per heavy atom. The zero-order valence-electron chi connectivity index (χ0n) is 18.6. The molecule has 4 aromatic rings. The third kappa shape index (κ3) is 2.97. The van der Waals surface area contributed by atoms with Gasteiger partial charge in [-0.2, -0.15) is 0 Å². The zero-order chi connectivity index (χ0) is 21.4. The molecular weight excluding hydrogens is 406 g/mol. The summed E-state index contributed by atoms with van der Waals surface area (Å²) in [6.45, 7) is 15.6. The van der Waals surface area contributed by atoms with Crippen molar-refractivity contribution in [2.75, 3.05) is 4.90 Å². The molecule has 4 heteroatoms. The van der Waals surface area contributed by atoms with Crippen LogP contribution in [0, 0.1) is 27.7 Å². The van der Waals surface area contributed by atoms with Gasteiger partial charge in [-0.1, -0.05) is 55.9 Å². The van der Waals surface area contributed by atoms with Crippen molar-refractivity contribution < 1.29 is 4.74 Å². The third-order valence-corrected chi connectivity index (χ3v) is 7.78. The second kappa shape index (κ2) is 6.60. The Hall–Kier alpha value is -2.30. The van der Waals surface area contributed by atoms with Crippen molar-refractivity contribution in [1.82, 2.24) is 0 Å². The fourth-order valence-corrected chi connectivity index (χ4v) is 6.26. The van der Waals surface area contributed by atoms with Crippen molar-refractivity contribution in [3.8, 4) is 10.1 Å². The predicted octanol–water partition coefficient (Wildman–Crippen LogP) is 9.07. The van der Waals surface area contributed by atoms with E-state index in [1.54, 1.807) is 22.7 Å². The molecular formula is C26H27NOS2. The molecule has 1 aliphatic rings. The van der Waals surface area contributed by atoms with Crippen LogP contribution in [-0.2, 0) is 5.41 Å². The maximum absolute atomic E-state index is 6.43. The van der Waals surface area contributed by atoms with E-state index in [2.05, 4.69) is 89.8 Å². The van der Waals surface area contributed by atoms with E-state index >= 15 is 0 Å². The fourth-order valence-electron chi connectivity index (χ4n) is 4.34. The highest BCUT2D eigenvalue weighted by Gasteiger charge is 2.33. The van der Waals surface area contributed by atoms with Crippen LogP contribution in [-0.4, -0.2) is 0 Å². The lowest BCUT2D eigenvalue weighted by Gasteiger charge is -2.33. The highest BCUT2D eigenvalue weighted by molar-refractivity contribution is 7.22. The largest absolute Gasteiger partial charge is 0.431 e. The van der Waals surface area contributed by atoms with Gasteiger partial charge in [0, 0.05) is 15.0 Å². The van der Waals surface area contributed by atoms with Gasteiger partial charge in [0.15, 0.2) is 0 Å². The van der Waals surface area contributed by atoms with Gasteiger partial charge < -0.3 is 9.64 Å². The van der Waals surface area contributed by atoms with E-state index < -0.39 is 0 Å². The summed E-state index contributed by atoms with van der Waals surface area (Å²) >= 11 is 3.47. The number of hydrogen-bond donors (Lipinski definition) is 0. The van der Waals surface area contributed by atoms with Crippen molar-refractivity contribution in [3.05, 3.63) is 63.5 Å². The molecule has 154 valence electrons. The molecule has 0 radical (unpaired) electrons. The number of fused-ring (bicyclic) bond motifs is 4. The van der Waals surface area contributed by atoms with Crippen LogP contribution >= 0.6 is 22.7 Å². The lowest BCUT2D eigenvalue weighted by molar-refractivity contribution is 0.506. The molecule has 0 bridgehead atoms. The van der Waals surface area contributed by atoms with Gasteiger partial charge in [0.1, 0.15) is 11.4 Å². The van der Waals surface area contributed by atoms with E-state index in [0.717, 1.165) is 15.8 Å². The summed E-state index contributed by atoms with van der Waals surface area (Å²) in [5, 5.41) is 3.24. The molecule has 0 spiro atoms. The minimum Gasteiger partial charge on any atom is -0.431 e. The van der Waals surface area contributed by atoms with E-state index in [-0.39, 0.29) is 5.41 Å². The molecule has 0 unspecified atom stereocenters. The van der Waals surface area contributed by atoms with Crippen LogP contribution in [0.2, 0.25) is 0 Å². The Balaban J connectivity index is 1.83. The Morgan fingerprint density at radius 2 is 1.50 bits per heavy atom. The summed E-state index contributed by atoms with van der Waals surface area (Å²) in [7, 11) is 0. The molecule has 2 nitrogen and oxygen atoms in total. The molecule has 0 amide bonds. The first-order valence-corrected chi connectivity index (χ1v) is 12.0. The molecule has 3 heterocycles. The van der Waals surface area contributed by atoms with E-state index in [1.165, 1.54) is 48.6 Å². The highest BCUT2D eigenvalue weighted by atomic mass is 32.1. The van der Waals surface area contributed by atoms with Crippen LogP contribution in [0.1, 0.15) is 47.9 Å². The van der Waals surface area contributed by atoms with E-state index in [1.807, 2.05) is 0 Å². The van der Waals surface area contributed by atoms with Gasteiger partial charge in [-0.15, -0.1) is 11.3 Å². The van der Waals surface area contributed by atoms with Crippen LogP contribution in [0.3, 0.4) is 0 Å². The topological polar surface area (TPSA) is 12.5 Å². The van der Waals surface area contributed by atoms with Gasteiger partial charge in [0.25, 0.3) is 0 Å². The molecule has 0 N–H and O–H groups in total. The van der Waals surface area contributed by atoms with Crippen LogP contribution < -0.4 is 9.64 Å². The smallest absolute Gasteiger partial charge is 0.207 e. The molecule has 5 rings (SSSR count). The molecule has 2 aromatic carbocycles. The second-order valence-electron chi connectivity index (χ2n) is 9.41. The van der Waals surface area contributed by atoms with Crippen molar-refractivity contribution in [3.63, 3.8) is 0 Å². The number of rotatable bonds is 1. The maximum Gasteiger partial charge on any atom is 0.207 e. The third-order valence-electron chi connectivity index (χ3n) is 5.82. The van der Waals surface area contributed by atoms with Gasteiger partial charge in [0.2, 0.25) is 10.1 Å². The maximum atomic E-state index is 6.43. The predicted molar refractivity (Wildman–Crippen MR) is 132 cm³/mol. The number of aryl methyl sites for hydroxylation is 4. The van der Waals surface area contributed by atoms with Crippen LogP contribution in [0.25, 0.3) is 10.1 Å². The monoisotopic (exact) mass is 433 g/mol. The Kier molecular flexibility index (Phi) is 4.32. The number of ether oxygens (including phenoxy) is 1. The molecule has 2 aromatic heterocycles. The first-order chi connectivity index (χ1) is 14.1. The van der Waals surface area contributed by atoms with E-state index in [4.69, 9.17) is 4.74 Å². The average Bonchev–Trinajstić information content (AvgIpc) is 3.18. The van der Waals surface area contributed by atoms with Gasteiger partial charge in [-0.25, -0.2) is 0 Å². The van der Waals surface area contributed by atoms with E-state index in [9.17, 15) is 0 Å². The van der Waals surface area contributed by atoms with Crippen molar-refractivity contribution in [2.45, 2.75) is 53.9 Å².